The zero-order valence-electron chi connectivity index (χ0n) is 11.7. The van der Waals surface area contributed by atoms with Crippen molar-refractivity contribution in [2.45, 2.75) is 52.5 Å². The van der Waals surface area contributed by atoms with Gasteiger partial charge in [-0.3, -0.25) is 0 Å². The molecular weight excluding hydrogens is 270 g/mol. The van der Waals surface area contributed by atoms with E-state index in [0.29, 0.717) is 30.1 Å². The molecule has 0 aromatic heterocycles. The van der Waals surface area contributed by atoms with Crippen molar-refractivity contribution in [3.05, 3.63) is 0 Å². The Kier molecular flexibility index (Phi) is 6.42. The summed E-state index contributed by atoms with van der Waals surface area (Å²) in [6.07, 6.45) is 3.82. The van der Waals surface area contributed by atoms with E-state index in [1.54, 1.807) is 0 Å². The van der Waals surface area contributed by atoms with Gasteiger partial charge in [-0.2, -0.15) is 0 Å². The summed E-state index contributed by atoms with van der Waals surface area (Å²) in [4.78, 5) is 0. The van der Waals surface area contributed by atoms with E-state index < -0.39 is 10.0 Å². The third-order valence-corrected chi connectivity index (χ3v) is 5.66. The van der Waals surface area contributed by atoms with Crippen LogP contribution in [0.25, 0.3) is 0 Å². The van der Waals surface area contributed by atoms with Crippen LogP contribution in [-0.2, 0) is 10.0 Å². The highest BCUT2D eigenvalue weighted by atomic mass is 35.5. The van der Waals surface area contributed by atoms with E-state index >= 15 is 0 Å². The molecular formula is C13H26ClNO2S. The van der Waals surface area contributed by atoms with Crippen molar-refractivity contribution in [1.82, 2.24) is 4.72 Å². The molecule has 108 valence electrons. The molecule has 3 atom stereocenters. The minimum Gasteiger partial charge on any atom is -0.212 e. The van der Waals surface area contributed by atoms with Crippen LogP contribution >= 0.6 is 11.6 Å². The van der Waals surface area contributed by atoms with Crippen LogP contribution in [-0.4, -0.2) is 26.1 Å². The Bertz CT molecular complexity index is 343. The van der Waals surface area contributed by atoms with Crippen molar-refractivity contribution < 1.29 is 8.42 Å². The molecule has 0 saturated heterocycles. The zero-order chi connectivity index (χ0) is 13.8. The van der Waals surface area contributed by atoms with Gasteiger partial charge in [0.25, 0.3) is 0 Å². The monoisotopic (exact) mass is 295 g/mol. The molecule has 1 aliphatic carbocycles. The molecule has 0 heterocycles. The first-order valence-corrected chi connectivity index (χ1v) is 9.10. The van der Waals surface area contributed by atoms with E-state index in [-0.39, 0.29) is 11.8 Å². The molecule has 0 bridgehead atoms. The number of hydrogen-bond acceptors (Lipinski definition) is 2. The van der Waals surface area contributed by atoms with E-state index in [9.17, 15) is 8.42 Å². The standard InChI is InChI=1S/C13H26ClNO2S/c1-10(2)12-6-5-11(3)9-13(12)15-18(16,17)8-4-7-14/h10-13,15H,4-9H2,1-3H3. The molecule has 0 radical (unpaired) electrons. The number of alkyl halides is 1. The Morgan fingerprint density at radius 2 is 2.00 bits per heavy atom. The fraction of sp³-hybridized carbons (Fsp3) is 1.00. The number of hydrogen-bond donors (Lipinski definition) is 1. The third-order valence-electron chi connectivity index (χ3n) is 3.90. The highest BCUT2D eigenvalue weighted by molar-refractivity contribution is 7.89. The summed E-state index contributed by atoms with van der Waals surface area (Å²) in [6.45, 7) is 6.57. The van der Waals surface area contributed by atoms with Gasteiger partial charge in [0.2, 0.25) is 10.0 Å². The fourth-order valence-electron chi connectivity index (χ4n) is 2.87. The lowest BCUT2D eigenvalue weighted by molar-refractivity contribution is 0.188. The molecule has 3 nitrogen and oxygen atoms in total. The van der Waals surface area contributed by atoms with Gasteiger partial charge in [0, 0.05) is 11.9 Å². The van der Waals surface area contributed by atoms with Crippen LogP contribution in [0, 0.1) is 17.8 Å². The summed E-state index contributed by atoms with van der Waals surface area (Å²) in [6, 6.07) is 0.106. The van der Waals surface area contributed by atoms with Crippen molar-refractivity contribution >= 4 is 21.6 Å². The predicted molar refractivity (Wildman–Crippen MR) is 77.4 cm³/mol. The lowest BCUT2D eigenvalue weighted by atomic mass is 9.74. The molecule has 0 amide bonds. The molecule has 0 aromatic rings. The second-order valence-corrected chi connectivity index (χ2v) is 8.16. The number of rotatable bonds is 6. The van der Waals surface area contributed by atoms with Gasteiger partial charge in [-0.05, 0) is 37.0 Å². The van der Waals surface area contributed by atoms with Crippen LogP contribution in [0.2, 0.25) is 0 Å². The molecule has 1 rings (SSSR count). The molecule has 3 unspecified atom stereocenters. The van der Waals surface area contributed by atoms with Crippen LogP contribution < -0.4 is 4.72 Å². The summed E-state index contributed by atoms with van der Waals surface area (Å²) < 4.78 is 26.8. The lowest BCUT2D eigenvalue weighted by Crippen LogP contribution is -2.46. The Labute approximate surface area is 117 Å². The van der Waals surface area contributed by atoms with Crippen molar-refractivity contribution in [1.29, 1.82) is 0 Å². The Morgan fingerprint density at radius 3 is 2.56 bits per heavy atom. The second kappa shape index (κ2) is 7.11. The van der Waals surface area contributed by atoms with Gasteiger partial charge in [0.15, 0.2) is 0 Å². The van der Waals surface area contributed by atoms with Crippen molar-refractivity contribution in [3.63, 3.8) is 0 Å². The second-order valence-electron chi connectivity index (χ2n) is 5.91. The van der Waals surface area contributed by atoms with Crippen LogP contribution in [0.15, 0.2) is 0 Å². The minimum absolute atomic E-state index is 0.106. The average molecular weight is 296 g/mol. The highest BCUT2D eigenvalue weighted by Gasteiger charge is 2.32. The summed E-state index contributed by atoms with van der Waals surface area (Å²) in [5, 5.41) is 0. The normalized spacial score (nSPS) is 29.7. The van der Waals surface area contributed by atoms with E-state index in [0.717, 1.165) is 12.8 Å². The highest BCUT2D eigenvalue weighted by Crippen LogP contribution is 2.33. The van der Waals surface area contributed by atoms with Crippen LogP contribution in [0.3, 0.4) is 0 Å². The first-order chi connectivity index (χ1) is 8.35. The van der Waals surface area contributed by atoms with Gasteiger partial charge >= 0.3 is 0 Å². The first-order valence-electron chi connectivity index (χ1n) is 6.91. The SMILES string of the molecule is CC1CCC(C(C)C)C(NS(=O)(=O)CCCCl)C1. The van der Waals surface area contributed by atoms with Gasteiger partial charge in [0.1, 0.15) is 0 Å². The average Bonchev–Trinajstić information content (AvgIpc) is 2.25. The summed E-state index contributed by atoms with van der Waals surface area (Å²) in [5.41, 5.74) is 0. The van der Waals surface area contributed by atoms with Gasteiger partial charge in [0.05, 0.1) is 5.75 Å². The molecule has 1 aliphatic rings. The molecule has 1 N–H and O–H groups in total. The maximum atomic E-state index is 12.0. The van der Waals surface area contributed by atoms with Gasteiger partial charge in [-0.1, -0.05) is 27.2 Å². The molecule has 0 aromatic carbocycles. The number of halogens is 1. The molecule has 1 fully saturated rings. The van der Waals surface area contributed by atoms with Crippen molar-refractivity contribution in [3.8, 4) is 0 Å². The Hall–Kier alpha value is 0.200. The summed E-state index contributed by atoms with van der Waals surface area (Å²) in [7, 11) is -3.17. The Morgan fingerprint density at radius 1 is 1.33 bits per heavy atom. The van der Waals surface area contributed by atoms with Crippen molar-refractivity contribution in [2.75, 3.05) is 11.6 Å². The summed E-state index contributed by atoms with van der Waals surface area (Å²) in [5.74, 6) is 2.15. The third kappa shape index (κ3) is 5.06. The van der Waals surface area contributed by atoms with Crippen LogP contribution in [0.4, 0.5) is 0 Å². The zero-order valence-corrected chi connectivity index (χ0v) is 13.2. The molecule has 5 heteroatoms. The largest absolute Gasteiger partial charge is 0.212 e. The lowest BCUT2D eigenvalue weighted by Gasteiger charge is -2.37. The smallest absolute Gasteiger partial charge is 0.211 e. The fourth-order valence-corrected chi connectivity index (χ4v) is 4.54. The van der Waals surface area contributed by atoms with Crippen LogP contribution in [0.5, 0.6) is 0 Å². The van der Waals surface area contributed by atoms with E-state index in [2.05, 4.69) is 25.5 Å². The number of nitrogens with one attached hydrogen (secondary N) is 1. The predicted octanol–water partition coefficient (Wildman–Crippen LogP) is 3.00. The van der Waals surface area contributed by atoms with Gasteiger partial charge in [-0.25, -0.2) is 13.1 Å². The molecule has 0 spiro atoms. The van der Waals surface area contributed by atoms with E-state index in [1.165, 1.54) is 6.42 Å². The quantitative estimate of drug-likeness (QED) is 0.766. The minimum atomic E-state index is -3.17. The maximum Gasteiger partial charge on any atom is 0.211 e. The topological polar surface area (TPSA) is 46.2 Å². The molecule has 18 heavy (non-hydrogen) atoms. The molecule has 1 saturated carbocycles. The van der Waals surface area contributed by atoms with Gasteiger partial charge < -0.3 is 0 Å². The van der Waals surface area contributed by atoms with Crippen LogP contribution in [0.1, 0.15) is 46.5 Å². The van der Waals surface area contributed by atoms with E-state index in [1.807, 2.05) is 0 Å². The van der Waals surface area contributed by atoms with Crippen molar-refractivity contribution in [2.24, 2.45) is 17.8 Å². The Balaban J connectivity index is 2.65. The molecule has 0 aliphatic heterocycles. The van der Waals surface area contributed by atoms with Gasteiger partial charge in [-0.15, -0.1) is 11.6 Å². The van der Waals surface area contributed by atoms with E-state index in [4.69, 9.17) is 11.6 Å². The summed E-state index contributed by atoms with van der Waals surface area (Å²) >= 11 is 5.56. The first kappa shape index (κ1) is 16.3. The maximum absolute atomic E-state index is 12.0. The number of sulfonamides is 1.